The highest BCUT2D eigenvalue weighted by Gasteiger charge is 2.10. The van der Waals surface area contributed by atoms with E-state index in [0.717, 1.165) is 16.3 Å². The summed E-state index contributed by atoms with van der Waals surface area (Å²) in [4.78, 5) is 11.0. The van der Waals surface area contributed by atoms with Crippen molar-refractivity contribution in [3.05, 3.63) is 30.3 Å². The summed E-state index contributed by atoms with van der Waals surface area (Å²) in [6.45, 7) is 1.55. The standard InChI is InChI=1S/C15H16N2O3S/c1-10(18)9-21-15-7-5-13(16-17-15)12-8-11(19-2)4-6-14(12)20-3/h4-8H,9H2,1-3H3. The molecule has 0 unspecified atom stereocenters. The largest absolute Gasteiger partial charge is 0.497 e. The van der Waals surface area contributed by atoms with Crippen molar-refractivity contribution in [1.82, 2.24) is 10.2 Å². The minimum atomic E-state index is 0.111. The Morgan fingerprint density at radius 3 is 2.52 bits per heavy atom. The minimum absolute atomic E-state index is 0.111. The summed E-state index contributed by atoms with van der Waals surface area (Å²) in [6.07, 6.45) is 0. The first-order valence-corrected chi connectivity index (χ1v) is 7.31. The number of benzene rings is 1. The van der Waals surface area contributed by atoms with E-state index < -0.39 is 0 Å². The highest BCUT2D eigenvalue weighted by molar-refractivity contribution is 7.99. The normalized spacial score (nSPS) is 10.2. The Morgan fingerprint density at radius 1 is 1.14 bits per heavy atom. The molecule has 5 nitrogen and oxygen atoms in total. The monoisotopic (exact) mass is 304 g/mol. The fraction of sp³-hybridized carbons (Fsp3) is 0.267. The number of ether oxygens (including phenoxy) is 2. The quantitative estimate of drug-likeness (QED) is 0.765. The van der Waals surface area contributed by atoms with Crippen LogP contribution in [-0.4, -0.2) is 36.0 Å². The summed E-state index contributed by atoms with van der Waals surface area (Å²) in [7, 11) is 3.22. The third-order valence-corrected chi connectivity index (χ3v) is 3.81. The van der Waals surface area contributed by atoms with Gasteiger partial charge in [0.25, 0.3) is 0 Å². The molecule has 0 spiro atoms. The molecule has 1 aromatic carbocycles. The van der Waals surface area contributed by atoms with Gasteiger partial charge < -0.3 is 9.47 Å². The number of hydrogen-bond donors (Lipinski definition) is 0. The van der Waals surface area contributed by atoms with E-state index in [4.69, 9.17) is 9.47 Å². The van der Waals surface area contributed by atoms with Crippen molar-refractivity contribution in [3.63, 3.8) is 0 Å². The van der Waals surface area contributed by atoms with Gasteiger partial charge in [0.2, 0.25) is 0 Å². The van der Waals surface area contributed by atoms with Crippen LogP contribution in [0.4, 0.5) is 0 Å². The number of methoxy groups -OCH3 is 2. The number of carbonyl (C=O) groups is 1. The Bertz CT molecular complexity index is 629. The second kappa shape index (κ2) is 7.08. The van der Waals surface area contributed by atoms with Crippen LogP contribution < -0.4 is 9.47 Å². The van der Waals surface area contributed by atoms with Gasteiger partial charge in [0, 0.05) is 5.56 Å². The van der Waals surface area contributed by atoms with E-state index in [9.17, 15) is 4.79 Å². The number of ketones is 1. The highest BCUT2D eigenvalue weighted by Crippen LogP contribution is 2.32. The number of rotatable bonds is 6. The van der Waals surface area contributed by atoms with Gasteiger partial charge in [-0.15, -0.1) is 10.2 Å². The maximum absolute atomic E-state index is 11.0. The number of Topliss-reactive ketones (excluding diaryl/α,β-unsaturated/α-hetero) is 1. The van der Waals surface area contributed by atoms with Crippen LogP contribution in [0.2, 0.25) is 0 Å². The van der Waals surface area contributed by atoms with Crippen molar-refractivity contribution in [2.45, 2.75) is 11.9 Å². The SMILES string of the molecule is COc1ccc(OC)c(-c2ccc(SCC(C)=O)nn2)c1. The molecule has 0 N–H and O–H groups in total. The molecule has 21 heavy (non-hydrogen) atoms. The van der Waals surface area contributed by atoms with Crippen LogP contribution in [-0.2, 0) is 4.79 Å². The second-order valence-electron chi connectivity index (χ2n) is 4.31. The van der Waals surface area contributed by atoms with Crippen LogP contribution in [0.3, 0.4) is 0 Å². The number of carbonyl (C=O) groups excluding carboxylic acids is 1. The number of hydrogen-bond acceptors (Lipinski definition) is 6. The lowest BCUT2D eigenvalue weighted by atomic mass is 10.1. The van der Waals surface area contributed by atoms with Crippen molar-refractivity contribution in [2.75, 3.05) is 20.0 Å². The summed E-state index contributed by atoms with van der Waals surface area (Å²) in [6, 6.07) is 9.20. The highest BCUT2D eigenvalue weighted by atomic mass is 32.2. The zero-order chi connectivity index (χ0) is 15.2. The van der Waals surface area contributed by atoms with Gasteiger partial charge in [-0.2, -0.15) is 0 Å². The Labute approximate surface area is 127 Å². The lowest BCUT2D eigenvalue weighted by Gasteiger charge is -2.09. The van der Waals surface area contributed by atoms with Crippen LogP contribution in [0.5, 0.6) is 11.5 Å². The lowest BCUT2D eigenvalue weighted by Crippen LogP contribution is -1.96. The Hall–Kier alpha value is -2.08. The molecule has 0 fully saturated rings. The summed E-state index contributed by atoms with van der Waals surface area (Å²) < 4.78 is 10.6. The van der Waals surface area contributed by atoms with Gasteiger partial charge >= 0.3 is 0 Å². The van der Waals surface area contributed by atoms with E-state index in [1.54, 1.807) is 21.1 Å². The summed E-state index contributed by atoms with van der Waals surface area (Å²) >= 11 is 1.37. The molecule has 0 radical (unpaired) electrons. The number of nitrogens with zero attached hydrogens (tertiary/aromatic N) is 2. The fourth-order valence-electron chi connectivity index (χ4n) is 1.73. The second-order valence-corrected chi connectivity index (χ2v) is 5.31. The van der Waals surface area contributed by atoms with Gasteiger partial charge in [-0.1, -0.05) is 11.8 Å². The molecule has 0 saturated heterocycles. The topological polar surface area (TPSA) is 61.3 Å². The van der Waals surface area contributed by atoms with Gasteiger partial charge in [-0.25, -0.2) is 0 Å². The molecule has 0 bridgehead atoms. The van der Waals surface area contributed by atoms with Gasteiger partial charge in [-0.3, -0.25) is 4.79 Å². The van der Waals surface area contributed by atoms with Crippen LogP contribution in [0, 0.1) is 0 Å². The van der Waals surface area contributed by atoms with Crippen LogP contribution in [0.25, 0.3) is 11.3 Å². The summed E-state index contributed by atoms with van der Waals surface area (Å²) in [5.74, 6) is 1.94. The van der Waals surface area contributed by atoms with E-state index in [0.29, 0.717) is 17.2 Å². The van der Waals surface area contributed by atoms with Crippen LogP contribution in [0.1, 0.15) is 6.92 Å². The molecule has 0 amide bonds. The molecule has 6 heteroatoms. The molecular formula is C15H16N2O3S. The molecule has 2 rings (SSSR count). The predicted octanol–water partition coefficient (Wildman–Crippen LogP) is 2.84. The maximum atomic E-state index is 11.0. The predicted molar refractivity (Wildman–Crippen MR) is 82.0 cm³/mol. The molecule has 0 atom stereocenters. The molecule has 1 heterocycles. The Balaban J connectivity index is 2.27. The summed E-state index contributed by atoms with van der Waals surface area (Å²) in [5.41, 5.74) is 1.50. The van der Waals surface area contributed by atoms with Gasteiger partial charge in [0.15, 0.2) is 0 Å². The van der Waals surface area contributed by atoms with Crippen LogP contribution >= 0.6 is 11.8 Å². The number of aromatic nitrogens is 2. The third-order valence-electron chi connectivity index (χ3n) is 2.75. The van der Waals surface area contributed by atoms with Crippen molar-refractivity contribution in [3.8, 4) is 22.8 Å². The average molecular weight is 304 g/mol. The molecule has 0 aliphatic heterocycles. The van der Waals surface area contributed by atoms with Gasteiger partial charge in [-0.05, 0) is 37.3 Å². The van der Waals surface area contributed by atoms with E-state index in [2.05, 4.69) is 10.2 Å². The van der Waals surface area contributed by atoms with Gasteiger partial charge in [0.05, 0.1) is 25.7 Å². The molecule has 0 saturated carbocycles. The third kappa shape index (κ3) is 3.95. The molecule has 0 aliphatic rings. The fourth-order valence-corrected chi connectivity index (χ4v) is 2.34. The molecule has 1 aromatic heterocycles. The van der Waals surface area contributed by atoms with Crippen molar-refractivity contribution in [1.29, 1.82) is 0 Å². The van der Waals surface area contributed by atoms with E-state index in [1.807, 2.05) is 30.3 Å². The first-order chi connectivity index (χ1) is 10.1. The van der Waals surface area contributed by atoms with Crippen molar-refractivity contribution >= 4 is 17.5 Å². The van der Waals surface area contributed by atoms with Crippen LogP contribution in [0.15, 0.2) is 35.4 Å². The maximum Gasteiger partial charge on any atom is 0.140 e. The van der Waals surface area contributed by atoms with Crippen molar-refractivity contribution in [2.24, 2.45) is 0 Å². The Kier molecular flexibility index (Phi) is 5.16. The molecule has 0 aliphatic carbocycles. The smallest absolute Gasteiger partial charge is 0.140 e. The van der Waals surface area contributed by atoms with E-state index in [-0.39, 0.29) is 5.78 Å². The minimum Gasteiger partial charge on any atom is -0.497 e. The zero-order valence-corrected chi connectivity index (χ0v) is 12.9. The van der Waals surface area contributed by atoms with Gasteiger partial charge in [0.1, 0.15) is 22.3 Å². The van der Waals surface area contributed by atoms with E-state index >= 15 is 0 Å². The summed E-state index contributed by atoms with van der Waals surface area (Å²) in [5, 5.41) is 9.03. The molecular weight excluding hydrogens is 288 g/mol. The Morgan fingerprint density at radius 2 is 1.95 bits per heavy atom. The first-order valence-electron chi connectivity index (χ1n) is 6.32. The molecule has 110 valence electrons. The number of thioether (sulfide) groups is 1. The van der Waals surface area contributed by atoms with E-state index in [1.165, 1.54) is 11.8 Å². The lowest BCUT2D eigenvalue weighted by molar-refractivity contribution is -0.114. The zero-order valence-electron chi connectivity index (χ0n) is 12.1. The first kappa shape index (κ1) is 15.3. The molecule has 2 aromatic rings. The average Bonchev–Trinajstić information content (AvgIpc) is 2.52. The van der Waals surface area contributed by atoms with Crippen molar-refractivity contribution < 1.29 is 14.3 Å².